The summed E-state index contributed by atoms with van der Waals surface area (Å²) in [5.74, 6) is 0.0753. The van der Waals surface area contributed by atoms with Gasteiger partial charge in [-0.1, -0.05) is 17.7 Å². The maximum absolute atomic E-state index is 14.0. The summed E-state index contributed by atoms with van der Waals surface area (Å²) in [6.07, 6.45) is 5.71. The molecule has 0 radical (unpaired) electrons. The van der Waals surface area contributed by atoms with Gasteiger partial charge in [-0.15, -0.1) is 0 Å². The summed E-state index contributed by atoms with van der Waals surface area (Å²) < 4.78 is 39.3. The molecule has 36 heavy (non-hydrogen) atoms. The Balaban J connectivity index is 1.84. The molecule has 5 rings (SSSR count). The predicted molar refractivity (Wildman–Crippen MR) is 136 cm³/mol. The molecule has 3 aromatic heterocycles. The molecule has 0 bridgehead atoms. The van der Waals surface area contributed by atoms with Crippen LogP contribution >= 0.6 is 0 Å². The highest BCUT2D eigenvalue weighted by atomic mass is 32.2. The van der Waals surface area contributed by atoms with Crippen molar-refractivity contribution in [2.75, 3.05) is 14.2 Å². The fourth-order valence-electron chi connectivity index (χ4n) is 4.04. The third-order valence-electron chi connectivity index (χ3n) is 5.89. The second-order valence-electron chi connectivity index (χ2n) is 8.08. The summed E-state index contributed by atoms with van der Waals surface area (Å²) >= 11 is 0. The molecule has 0 saturated heterocycles. The molecule has 0 fully saturated rings. The van der Waals surface area contributed by atoms with Crippen molar-refractivity contribution in [3.05, 3.63) is 78.4 Å². The molecule has 9 nitrogen and oxygen atoms in total. The summed E-state index contributed by atoms with van der Waals surface area (Å²) in [6, 6.07) is 13.9. The van der Waals surface area contributed by atoms with E-state index in [2.05, 4.69) is 19.7 Å². The van der Waals surface area contributed by atoms with E-state index >= 15 is 0 Å². The molecular weight excluding hydrogens is 480 g/mol. The van der Waals surface area contributed by atoms with E-state index in [1.165, 1.54) is 29.6 Å². The number of carbonyl (C=O) groups is 1. The van der Waals surface area contributed by atoms with Crippen LogP contribution in [0.25, 0.3) is 39.3 Å². The summed E-state index contributed by atoms with van der Waals surface area (Å²) in [5, 5.41) is 1.23. The second kappa shape index (κ2) is 8.97. The highest BCUT2D eigenvalue weighted by Crippen LogP contribution is 2.37. The minimum atomic E-state index is -4.07. The van der Waals surface area contributed by atoms with E-state index in [4.69, 9.17) is 4.74 Å². The van der Waals surface area contributed by atoms with Crippen LogP contribution in [0.4, 0.5) is 0 Å². The van der Waals surface area contributed by atoms with Gasteiger partial charge in [0.15, 0.2) is 5.65 Å². The Bertz CT molecular complexity index is 1750. The number of benzene rings is 2. The molecule has 0 spiro atoms. The Morgan fingerprint density at radius 3 is 2.53 bits per heavy atom. The number of hydrogen-bond donors (Lipinski definition) is 1. The van der Waals surface area contributed by atoms with Gasteiger partial charge in [-0.3, -0.25) is 0 Å². The number of ether oxygens (including phenoxy) is 2. The average Bonchev–Trinajstić information content (AvgIpc) is 3.48. The molecule has 5 aromatic rings. The number of nitrogens with zero attached hydrogens (tertiary/aromatic N) is 3. The zero-order valence-electron chi connectivity index (χ0n) is 19.7. The van der Waals surface area contributed by atoms with E-state index in [0.29, 0.717) is 28.1 Å². The number of aromatic amines is 1. The number of carbonyl (C=O) groups excluding carboxylic acids is 1. The normalized spacial score (nSPS) is 12.0. The lowest BCUT2D eigenvalue weighted by Crippen LogP contribution is -2.14. The molecule has 0 unspecified atom stereocenters. The monoisotopic (exact) mass is 502 g/mol. The quantitative estimate of drug-likeness (QED) is 0.271. The van der Waals surface area contributed by atoms with Crippen molar-refractivity contribution in [1.29, 1.82) is 0 Å². The molecule has 0 saturated carbocycles. The SMILES string of the molecule is COC(=O)/C=C/c1ncnc2c1cc(-c1c[nH]c3ccc(OC)cc13)n2S(=O)(=O)c1ccc(C)cc1. The van der Waals surface area contributed by atoms with Gasteiger partial charge in [0, 0.05) is 34.1 Å². The summed E-state index contributed by atoms with van der Waals surface area (Å²) in [5.41, 5.74) is 3.34. The first-order valence-electron chi connectivity index (χ1n) is 10.9. The van der Waals surface area contributed by atoms with Crippen LogP contribution in [0, 0.1) is 6.92 Å². The minimum absolute atomic E-state index is 0.120. The number of methoxy groups -OCH3 is 2. The van der Waals surface area contributed by atoms with E-state index in [-0.39, 0.29) is 10.5 Å². The van der Waals surface area contributed by atoms with Crippen LogP contribution in [0.5, 0.6) is 5.75 Å². The average molecular weight is 503 g/mol. The Morgan fingerprint density at radius 1 is 1.03 bits per heavy atom. The van der Waals surface area contributed by atoms with Crippen molar-refractivity contribution < 1.29 is 22.7 Å². The Labute approximate surface area is 207 Å². The molecule has 0 aliphatic carbocycles. The van der Waals surface area contributed by atoms with Gasteiger partial charge >= 0.3 is 5.97 Å². The number of esters is 1. The van der Waals surface area contributed by atoms with Crippen molar-refractivity contribution in [3.8, 4) is 17.0 Å². The van der Waals surface area contributed by atoms with Gasteiger partial charge in [0.25, 0.3) is 10.0 Å². The van der Waals surface area contributed by atoms with Crippen molar-refractivity contribution in [2.45, 2.75) is 11.8 Å². The maximum atomic E-state index is 14.0. The van der Waals surface area contributed by atoms with Gasteiger partial charge in [-0.2, -0.15) is 0 Å². The largest absolute Gasteiger partial charge is 0.497 e. The maximum Gasteiger partial charge on any atom is 0.330 e. The standard InChI is InChI=1S/C26H22N4O5S/c1-16-4-7-18(8-5-16)36(32,33)30-24(21-14-27-22-9-6-17(34-2)12-19(21)22)13-20-23(10-11-25(31)35-3)28-15-29-26(20)30/h4-15,27H,1-3H3/b11-10+. The number of fused-ring (bicyclic) bond motifs is 2. The molecule has 0 aliphatic heterocycles. The Hall–Kier alpha value is -4.44. The molecule has 0 aliphatic rings. The molecule has 2 aromatic carbocycles. The van der Waals surface area contributed by atoms with E-state index in [9.17, 15) is 13.2 Å². The highest BCUT2D eigenvalue weighted by Gasteiger charge is 2.27. The van der Waals surface area contributed by atoms with Crippen LogP contribution in [0.3, 0.4) is 0 Å². The van der Waals surface area contributed by atoms with Gasteiger partial charge < -0.3 is 14.5 Å². The molecule has 3 heterocycles. The van der Waals surface area contributed by atoms with Gasteiger partial charge in [0.1, 0.15) is 12.1 Å². The van der Waals surface area contributed by atoms with Crippen LogP contribution in [0.2, 0.25) is 0 Å². The first-order chi connectivity index (χ1) is 17.3. The van der Waals surface area contributed by atoms with E-state index in [1.54, 1.807) is 43.6 Å². The van der Waals surface area contributed by atoms with Crippen LogP contribution in [0.1, 0.15) is 11.3 Å². The van der Waals surface area contributed by atoms with Crippen LogP contribution in [0.15, 0.2) is 72.0 Å². The summed E-state index contributed by atoms with van der Waals surface area (Å²) in [7, 11) is -1.22. The third-order valence-corrected chi connectivity index (χ3v) is 7.61. The molecule has 0 amide bonds. The van der Waals surface area contributed by atoms with Crippen molar-refractivity contribution in [1.82, 2.24) is 18.9 Å². The molecule has 182 valence electrons. The fraction of sp³-hybridized carbons (Fsp3) is 0.115. The van der Waals surface area contributed by atoms with E-state index in [1.807, 2.05) is 25.1 Å². The molecule has 1 N–H and O–H groups in total. The zero-order chi connectivity index (χ0) is 25.4. The van der Waals surface area contributed by atoms with Gasteiger partial charge in [-0.05, 0) is 49.4 Å². The van der Waals surface area contributed by atoms with E-state index in [0.717, 1.165) is 16.5 Å². The molecule has 10 heteroatoms. The number of aryl methyl sites for hydroxylation is 1. The number of H-pyrrole nitrogens is 1. The van der Waals surface area contributed by atoms with Gasteiger partial charge in [-0.25, -0.2) is 27.2 Å². The lowest BCUT2D eigenvalue weighted by atomic mass is 10.1. The van der Waals surface area contributed by atoms with Crippen LogP contribution in [-0.2, 0) is 19.6 Å². The number of rotatable bonds is 6. The van der Waals surface area contributed by atoms with Crippen LogP contribution in [-0.4, -0.2) is 47.5 Å². The predicted octanol–water partition coefficient (Wildman–Crippen LogP) is 4.32. The lowest BCUT2D eigenvalue weighted by Gasteiger charge is -2.12. The molecule has 0 atom stereocenters. The van der Waals surface area contributed by atoms with Crippen molar-refractivity contribution >= 4 is 44.0 Å². The van der Waals surface area contributed by atoms with Crippen LogP contribution < -0.4 is 4.74 Å². The number of aromatic nitrogens is 4. The minimum Gasteiger partial charge on any atom is -0.497 e. The second-order valence-corrected chi connectivity index (χ2v) is 9.87. The third kappa shape index (κ3) is 3.91. The van der Waals surface area contributed by atoms with Crippen molar-refractivity contribution in [3.63, 3.8) is 0 Å². The summed E-state index contributed by atoms with van der Waals surface area (Å²) in [6.45, 7) is 1.89. The number of nitrogens with one attached hydrogen (secondary N) is 1. The molecular formula is C26H22N4O5S. The summed E-state index contributed by atoms with van der Waals surface area (Å²) in [4.78, 5) is 23.6. The van der Waals surface area contributed by atoms with E-state index < -0.39 is 16.0 Å². The smallest absolute Gasteiger partial charge is 0.330 e. The Kier molecular flexibility index (Phi) is 5.81. The van der Waals surface area contributed by atoms with Gasteiger partial charge in [0.2, 0.25) is 0 Å². The first-order valence-corrected chi connectivity index (χ1v) is 12.4. The Morgan fingerprint density at radius 2 is 1.81 bits per heavy atom. The highest BCUT2D eigenvalue weighted by molar-refractivity contribution is 7.90. The van der Waals surface area contributed by atoms with Crippen molar-refractivity contribution in [2.24, 2.45) is 0 Å². The fourth-order valence-corrected chi connectivity index (χ4v) is 5.52. The lowest BCUT2D eigenvalue weighted by molar-refractivity contribution is -0.134. The first kappa shape index (κ1) is 23.3. The number of hydrogen-bond acceptors (Lipinski definition) is 7. The van der Waals surface area contributed by atoms with Gasteiger partial charge in [0.05, 0.1) is 30.5 Å². The topological polar surface area (TPSA) is 116 Å². The zero-order valence-corrected chi connectivity index (χ0v) is 20.5.